The first-order valence-electron chi connectivity index (χ1n) is 5.65. The zero-order valence-corrected chi connectivity index (χ0v) is 11.5. The van der Waals surface area contributed by atoms with Crippen LogP contribution in [0, 0.1) is 10.1 Å². The van der Waals surface area contributed by atoms with E-state index in [9.17, 15) is 14.9 Å². The van der Waals surface area contributed by atoms with Gasteiger partial charge in [0.25, 0.3) is 5.91 Å². The predicted octanol–water partition coefficient (Wildman–Crippen LogP) is 3.16. The molecule has 0 unspecified atom stereocenters. The lowest BCUT2D eigenvalue weighted by Gasteiger charge is -2.27. The summed E-state index contributed by atoms with van der Waals surface area (Å²) < 4.78 is 0. The first-order chi connectivity index (χ1) is 9.54. The predicted molar refractivity (Wildman–Crippen MR) is 76.3 cm³/mol. The minimum absolute atomic E-state index is 0.0398. The van der Waals surface area contributed by atoms with E-state index in [1.165, 1.54) is 6.07 Å². The number of benzene rings is 1. The number of amides is 1. The van der Waals surface area contributed by atoms with Gasteiger partial charge in [-0.05, 0) is 24.3 Å². The molecule has 0 spiro atoms. The van der Waals surface area contributed by atoms with Gasteiger partial charge in [-0.2, -0.15) is 0 Å². The number of halogens is 1. The first kappa shape index (κ1) is 12.9. The zero-order valence-electron chi connectivity index (χ0n) is 9.92. The lowest BCUT2D eigenvalue weighted by atomic mass is 10.1. The lowest BCUT2D eigenvalue weighted by Crippen LogP contribution is -2.37. The average molecular weight is 310 g/mol. The Kier molecular flexibility index (Phi) is 3.07. The highest BCUT2D eigenvalue weighted by molar-refractivity contribution is 7.15. The summed E-state index contributed by atoms with van der Waals surface area (Å²) in [5.41, 5.74) is 1.11. The van der Waals surface area contributed by atoms with Crippen molar-refractivity contribution < 1.29 is 9.72 Å². The van der Waals surface area contributed by atoms with Gasteiger partial charge in [0.1, 0.15) is 6.17 Å². The number of rotatable bonds is 2. The van der Waals surface area contributed by atoms with Gasteiger partial charge in [-0.3, -0.25) is 14.9 Å². The molecule has 0 bridgehead atoms. The van der Waals surface area contributed by atoms with E-state index in [1.54, 1.807) is 24.3 Å². The van der Waals surface area contributed by atoms with E-state index >= 15 is 0 Å². The number of nitrogens with zero attached hydrogens (tertiary/aromatic N) is 1. The van der Waals surface area contributed by atoms with E-state index in [0.717, 1.165) is 11.3 Å². The number of anilines is 1. The molecule has 0 saturated carbocycles. The van der Waals surface area contributed by atoms with Gasteiger partial charge in [0, 0.05) is 16.8 Å². The van der Waals surface area contributed by atoms with Crippen LogP contribution in [0.15, 0.2) is 30.3 Å². The molecule has 1 aliphatic rings. The Bertz CT molecular complexity index is 716. The molecule has 1 aromatic heterocycles. The Morgan fingerprint density at radius 1 is 1.25 bits per heavy atom. The van der Waals surface area contributed by atoms with Gasteiger partial charge in [-0.15, -0.1) is 0 Å². The molecule has 0 fully saturated rings. The summed E-state index contributed by atoms with van der Waals surface area (Å²) in [5.74, 6) is -0.262. The SMILES string of the molecule is O=C1N[C@@H](c2ccc([N+](=O)[O-])s2)Nc2ccc(Cl)cc21. The van der Waals surface area contributed by atoms with Gasteiger partial charge in [0.2, 0.25) is 0 Å². The number of thiophene rings is 1. The van der Waals surface area contributed by atoms with Crippen molar-refractivity contribution >= 4 is 39.5 Å². The van der Waals surface area contributed by atoms with Crippen molar-refractivity contribution in [2.45, 2.75) is 6.17 Å². The Hall–Kier alpha value is -2.12. The normalized spacial score (nSPS) is 17.1. The third kappa shape index (κ3) is 2.21. The Balaban J connectivity index is 1.92. The molecular weight excluding hydrogens is 302 g/mol. The van der Waals surface area contributed by atoms with Crippen LogP contribution in [0.2, 0.25) is 5.02 Å². The number of carbonyl (C=O) groups excluding carboxylic acids is 1. The fraction of sp³-hybridized carbons (Fsp3) is 0.0833. The molecule has 8 heteroatoms. The van der Waals surface area contributed by atoms with Crippen molar-refractivity contribution in [2.75, 3.05) is 5.32 Å². The molecule has 0 aliphatic carbocycles. The molecule has 0 radical (unpaired) electrons. The molecule has 1 amide bonds. The summed E-state index contributed by atoms with van der Waals surface area (Å²) in [6.07, 6.45) is -0.477. The van der Waals surface area contributed by atoms with Gasteiger partial charge in [-0.25, -0.2) is 0 Å². The molecule has 1 aromatic carbocycles. The standard InChI is InChI=1S/C12H8ClN3O3S/c13-6-1-2-8-7(5-6)12(17)15-11(14-8)9-3-4-10(20-9)16(18)19/h1-5,11,14H,(H,15,17)/t11-/m0/s1. The highest BCUT2D eigenvalue weighted by atomic mass is 35.5. The summed E-state index contributed by atoms with van der Waals surface area (Å²) in [7, 11) is 0. The second-order valence-corrected chi connectivity index (χ2v) is 5.70. The lowest BCUT2D eigenvalue weighted by molar-refractivity contribution is -0.380. The van der Waals surface area contributed by atoms with E-state index in [2.05, 4.69) is 10.6 Å². The van der Waals surface area contributed by atoms with E-state index in [1.807, 2.05) is 0 Å². The van der Waals surface area contributed by atoms with Crippen LogP contribution in [0.1, 0.15) is 21.4 Å². The number of fused-ring (bicyclic) bond motifs is 1. The zero-order chi connectivity index (χ0) is 14.3. The van der Waals surface area contributed by atoms with Crippen LogP contribution in [-0.2, 0) is 0 Å². The molecule has 2 aromatic rings. The molecule has 6 nitrogen and oxygen atoms in total. The fourth-order valence-corrected chi connectivity index (χ4v) is 2.96. The quantitative estimate of drug-likeness (QED) is 0.659. The molecule has 0 saturated heterocycles. The van der Waals surface area contributed by atoms with Gasteiger partial charge in [-0.1, -0.05) is 22.9 Å². The molecular formula is C12H8ClN3O3S. The summed E-state index contributed by atoms with van der Waals surface area (Å²) in [6, 6.07) is 8.02. The minimum atomic E-state index is -0.477. The molecule has 2 N–H and O–H groups in total. The summed E-state index contributed by atoms with van der Waals surface area (Å²) in [4.78, 5) is 22.9. The van der Waals surface area contributed by atoms with Crippen LogP contribution in [0.4, 0.5) is 10.7 Å². The maximum atomic E-state index is 12.0. The number of hydrogen-bond donors (Lipinski definition) is 2. The number of hydrogen-bond acceptors (Lipinski definition) is 5. The Morgan fingerprint density at radius 2 is 2.05 bits per heavy atom. The van der Waals surface area contributed by atoms with Crippen LogP contribution in [0.5, 0.6) is 0 Å². The summed E-state index contributed by atoms with van der Waals surface area (Å²) >= 11 is 6.88. The fourth-order valence-electron chi connectivity index (χ4n) is 1.97. The highest BCUT2D eigenvalue weighted by Crippen LogP contribution is 2.33. The summed E-state index contributed by atoms with van der Waals surface area (Å²) in [5, 5.41) is 17.1. The van der Waals surface area contributed by atoms with Crippen molar-refractivity contribution in [1.29, 1.82) is 0 Å². The Labute approximate surface area is 122 Å². The van der Waals surface area contributed by atoms with E-state index in [4.69, 9.17) is 11.6 Å². The number of nitrogens with one attached hydrogen (secondary N) is 2. The molecule has 1 atom stereocenters. The molecule has 3 rings (SSSR count). The molecule has 102 valence electrons. The van der Waals surface area contributed by atoms with Crippen molar-refractivity contribution in [2.24, 2.45) is 0 Å². The molecule has 20 heavy (non-hydrogen) atoms. The van der Waals surface area contributed by atoms with Gasteiger partial charge >= 0.3 is 5.00 Å². The van der Waals surface area contributed by atoms with Gasteiger partial charge in [0.15, 0.2) is 0 Å². The largest absolute Gasteiger partial charge is 0.360 e. The van der Waals surface area contributed by atoms with Crippen LogP contribution in [0.25, 0.3) is 0 Å². The maximum absolute atomic E-state index is 12.0. The second-order valence-electron chi connectivity index (χ2n) is 4.17. The number of carbonyl (C=O) groups is 1. The van der Waals surface area contributed by atoms with Crippen LogP contribution in [0.3, 0.4) is 0 Å². The van der Waals surface area contributed by atoms with E-state index in [0.29, 0.717) is 21.2 Å². The van der Waals surface area contributed by atoms with Crippen molar-refractivity contribution in [3.8, 4) is 0 Å². The van der Waals surface area contributed by atoms with E-state index in [-0.39, 0.29) is 10.9 Å². The van der Waals surface area contributed by atoms with Crippen molar-refractivity contribution in [1.82, 2.24) is 5.32 Å². The monoisotopic (exact) mass is 309 g/mol. The third-order valence-electron chi connectivity index (χ3n) is 2.88. The van der Waals surface area contributed by atoms with Crippen molar-refractivity contribution in [3.63, 3.8) is 0 Å². The summed E-state index contributed by atoms with van der Waals surface area (Å²) in [6.45, 7) is 0. The topological polar surface area (TPSA) is 84.3 Å². The van der Waals surface area contributed by atoms with Crippen LogP contribution < -0.4 is 10.6 Å². The second kappa shape index (κ2) is 4.77. The Morgan fingerprint density at radius 3 is 2.75 bits per heavy atom. The maximum Gasteiger partial charge on any atom is 0.324 e. The van der Waals surface area contributed by atoms with Gasteiger partial charge in [0.05, 0.1) is 15.4 Å². The average Bonchev–Trinajstić information content (AvgIpc) is 2.89. The third-order valence-corrected chi connectivity index (χ3v) is 4.22. The molecule has 1 aliphatic heterocycles. The smallest absolute Gasteiger partial charge is 0.324 e. The van der Waals surface area contributed by atoms with Crippen LogP contribution in [-0.4, -0.2) is 10.8 Å². The minimum Gasteiger partial charge on any atom is -0.360 e. The number of nitro groups is 1. The highest BCUT2D eigenvalue weighted by Gasteiger charge is 2.26. The van der Waals surface area contributed by atoms with Gasteiger partial charge < -0.3 is 10.6 Å². The van der Waals surface area contributed by atoms with E-state index < -0.39 is 11.1 Å². The molecule has 2 heterocycles. The van der Waals surface area contributed by atoms with Crippen molar-refractivity contribution in [3.05, 3.63) is 55.9 Å². The first-order valence-corrected chi connectivity index (χ1v) is 6.85. The van der Waals surface area contributed by atoms with Crippen LogP contribution >= 0.6 is 22.9 Å².